The van der Waals surface area contributed by atoms with Gasteiger partial charge in [0.1, 0.15) is 10.8 Å². The van der Waals surface area contributed by atoms with Crippen molar-refractivity contribution in [2.45, 2.75) is 0 Å². The van der Waals surface area contributed by atoms with E-state index in [1.165, 1.54) is 18.6 Å². The minimum atomic E-state index is -0.449. The van der Waals surface area contributed by atoms with Crippen LogP contribution in [0.1, 0.15) is 10.5 Å². The fraction of sp³-hybridized carbons (Fsp3) is 0. The lowest BCUT2D eigenvalue weighted by Crippen LogP contribution is -2.15. The number of hydrogen-bond donors (Lipinski definition) is 1. The Morgan fingerprint density at radius 2 is 2.00 bits per heavy atom. The van der Waals surface area contributed by atoms with Gasteiger partial charge < -0.3 is 5.32 Å². The van der Waals surface area contributed by atoms with E-state index in [4.69, 9.17) is 23.2 Å². The average Bonchev–Trinajstić information content (AvgIpc) is 2.33. The summed E-state index contributed by atoms with van der Waals surface area (Å²) in [6.07, 6.45) is 4.08. The van der Waals surface area contributed by atoms with Crippen LogP contribution in [0.4, 0.5) is 5.82 Å². The quantitative estimate of drug-likeness (QED) is 0.909. The summed E-state index contributed by atoms with van der Waals surface area (Å²) in [5.41, 5.74) is 0.135. The SMILES string of the molecule is O=C(Nc1ncccc1Cl)c1cnc(Cl)cn1. The van der Waals surface area contributed by atoms with Crippen molar-refractivity contribution in [2.24, 2.45) is 0 Å². The number of carbonyl (C=O) groups excluding carboxylic acids is 1. The number of pyridine rings is 1. The number of nitrogens with one attached hydrogen (secondary N) is 1. The Morgan fingerprint density at radius 1 is 1.18 bits per heavy atom. The second kappa shape index (κ2) is 5.07. The molecule has 0 atom stereocenters. The molecule has 1 N–H and O–H groups in total. The maximum atomic E-state index is 11.7. The van der Waals surface area contributed by atoms with Crippen molar-refractivity contribution in [1.82, 2.24) is 15.0 Å². The van der Waals surface area contributed by atoms with Gasteiger partial charge in [-0.25, -0.2) is 15.0 Å². The zero-order valence-corrected chi connectivity index (χ0v) is 9.90. The van der Waals surface area contributed by atoms with E-state index in [2.05, 4.69) is 20.3 Å². The molecule has 0 unspecified atom stereocenters. The smallest absolute Gasteiger partial charge is 0.277 e. The molecule has 2 aromatic heterocycles. The van der Waals surface area contributed by atoms with E-state index in [0.29, 0.717) is 5.02 Å². The molecule has 0 aliphatic heterocycles. The minimum Gasteiger partial charge on any atom is -0.304 e. The first-order valence-corrected chi connectivity index (χ1v) is 5.32. The van der Waals surface area contributed by atoms with Crippen LogP contribution < -0.4 is 5.32 Å². The molecule has 1 amide bonds. The molecule has 0 radical (unpaired) electrons. The van der Waals surface area contributed by atoms with Crippen LogP contribution in [0.25, 0.3) is 0 Å². The van der Waals surface area contributed by atoms with Gasteiger partial charge in [0.15, 0.2) is 5.82 Å². The molecule has 0 aliphatic rings. The van der Waals surface area contributed by atoms with Crippen LogP contribution in [-0.4, -0.2) is 20.9 Å². The highest BCUT2D eigenvalue weighted by Gasteiger charge is 2.10. The summed E-state index contributed by atoms with van der Waals surface area (Å²) in [5.74, 6) is -0.175. The highest BCUT2D eigenvalue weighted by atomic mass is 35.5. The zero-order valence-electron chi connectivity index (χ0n) is 8.39. The van der Waals surface area contributed by atoms with E-state index in [1.807, 2.05) is 0 Å². The molecular formula is C10H6Cl2N4O. The van der Waals surface area contributed by atoms with E-state index >= 15 is 0 Å². The molecule has 0 fully saturated rings. The van der Waals surface area contributed by atoms with E-state index < -0.39 is 5.91 Å². The maximum Gasteiger partial charge on any atom is 0.277 e. The summed E-state index contributed by atoms with van der Waals surface area (Å²) in [7, 11) is 0. The van der Waals surface area contributed by atoms with Gasteiger partial charge in [0.2, 0.25) is 0 Å². The molecular weight excluding hydrogens is 263 g/mol. The lowest BCUT2D eigenvalue weighted by atomic mass is 10.4. The van der Waals surface area contributed by atoms with Crippen molar-refractivity contribution in [2.75, 3.05) is 5.32 Å². The van der Waals surface area contributed by atoms with Gasteiger partial charge in [-0.05, 0) is 12.1 Å². The van der Waals surface area contributed by atoms with Crippen molar-refractivity contribution < 1.29 is 4.79 Å². The fourth-order valence-corrected chi connectivity index (χ4v) is 1.35. The molecule has 0 saturated heterocycles. The van der Waals surface area contributed by atoms with E-state index in [0.717, 1.165) is 0 Å². The molecule has 17 heavy (non-hydrogen) atoms. The van der Waals surface area contributed by atoms with Crippen LogP contribution in [0, 0.1) is 0 Å². The van der Waals surface area contributed by atoms with Gasteiger partial charge in [-0.15, -0.1) is 0 Å². The van der Waals surface area contributed by atoms with Crippen molar-refractivity contribution in [3.63, 3.8) is 0 Å². The van der Waals surface area contributed by atoms with Crippen molar-refractivity contribution in [1.29, 1.82) is 0 Å². The van der Waals surface area contributed by atoms with Gasteiger partial charge in [-0.2, -0.15) is 0 Å². The van der Waals surface area contributed by atoms with Gasteiger partial charge in [-0.1, -0.05) is 23.2 Å². The lowest BCUT2D eigenvalue weighted by molar-refractivity contribution is 0.102. The molecule has 0 spiro atoms. The predicted molar refractivity (Wildman–Crippen MR) is 64.2 cm³/mol. The molecule has 2 aromatic rings. The summed E-state index contributed by atoms with van der Waals surface area (Å²) in [6, 6.07) is 3.29. The summed E-state index contributed by atoms with van der Waals surface area (Å²) in [5, 5.41) is 3.09. The highest BCUT2D eigenvalue weighted by molar-refractivity contribution is 6.33. The van der Waals surface area contributed by atoms with E-state index in [1.54, 1.807) is 12.1 Å². The monoisotopic (exact) mass is 268 g/mol. The van der Waals surface area contributed by atoms with Gasteiger partial charge in [0.05, 0.1) is 17.4 Å². The number of carbonyl (C=O) groups is 1. The van der Waals surface area contributed by atoms with Crippen molar-refractivity contribution in [3.05, 3.63) is 46.6 Å². The molecule has 0 aromatic carbocycles. The third kappa shape index (κ3) is 2.89. The van der Waals surface area contributed by atoms with Crippen molar-refractivity contribution >= 4 is 34.9 Å². The first-order chi connectivity index (χ1) is 8.16. The molecule has 0 saturated carbocycles. The Morgan fingerprint density at radius 3 is 2.65 bits per heavy atom. The molecule has 7 heteroatoms. The minimum absolute atomic E-state index is 0.135. The average molecular weight is 269 g/mol. The van der Waals surface area contributed by atoms with Gasteiger partial charge in [-0.3, -0.25) is 4.79 Å². The van der Waals surface area contributed by atoms with Crippen LogP contribution >= 0.6 is 23.2 Å². The van der Waals surface area contributed by atoms with Crippen LogP contribution in [0.2, 0.25) is 10.2 Å². The number of rotatable bonds is 2. The largest absolute Gasteiger partial charge is 0.304 e. The predicted octanol–water partition coefficient (Wildman–Crippen LogP) is 2.43. The van der Waals surface area contributed by atoms with Gasteiger partial charge in [0, 0.05) is 6.20 Å². The second-order valence-electron chi connectivity index (χ2n) is 3.01. The Bertz CT molecular complexity index is 544. The second-order valence-corrected chi connectivity index (χ2v) is 3.81. The fourth-order valence-electron chi connectivity index (χ4n) is 1.08. The number of nitrogens with zero attached hydrogens (tertiary/aromatic N) is 3. The molecule has 0 aliphatic carbocycles. The Hall–Kier alpha value is -1.72. The first-order valence-electron chi connectivity index (χ1n) is 4.56. The summed E-state index contributed by atoms with van der Waals surface area (Å²) < 4.78 is 0. The number of anilines is 1. The van der Waals surface area contributed by atoms with Gasteiger partial charge >= 0.3 is 0 Å². The molecule has 2 heterocycles. The topological polar surface area (TPSA) is 67.8 Å². The Kier molecular flexibility index (Phi) is 3.51. The molecule has 86 valence electrons. The highest BCUT2D eigenvalue weighted by Crippen LogP contribution is 2.17. The summed E-state index contributed by atoms with van der Waals surface area (Å²) >= 11 is 11.4. The Labute approximate surface area is 107 Å². The van der Waals surface area contributed by atoms with Crippen LogP contribution in [0.5, 0.6) is 0 Å². The number of halogens is 2. The number of hydrogen-bond acceptors (Lipinski definition) is 4. The van der Waals surface area contributed by atoms with E-state index in [9.17, 15) is 4.79 Å². The number of aromatic nitrogens is 3. The molecule has 5 nitrogen and oxygen atoms in total. The van der Waals surface area contributed by atoms with Crippen LogP contribution in [-0.2, 0) is 0 Å². The third-order valence-electron chi connectivity index (χ3n) is 1.84. The van der Waals surface area contributed by atoms with Crippen LogP contribution in [0.15, 0.2) is 30.7 Å². The van der Waals surface area contributed by atoms with Crippen molar-refractivity contribution in [3.8, 4) is 0 Å². The summed E-state index contributed by atoms with van der Waals surface area (Å²) in [4.78, 5) is 23.2. The van der Waals surface area contributed by atoms with E-state index in [-0.39, 0.29) is 16.7 Å². The molecule has 2 rings (SSSR count). The van der Waals surface area contributed by atoms with Gasteiger partial charge in [0.25, 0.3) is 5.91 Å². The third-order valence-corrected chi connectivity index (χ3v) is 2.34. The standard InChI is InChI=1S/C10H6Cl2N4O/c11-6-2-1-3-13-9(6)16-10(17)7-4-15-8(12)5-14-7/h1-5H,(H,13,16,17). The maximum absolute atomic E-state index is 11.7. The zero-order chi connectivity index (χ0) is 12.3. The molecule has 0 bridgehead atoms. The number of amides is 1. The Balaban J connectivity index is 2.17. The summed E-state index contributed by atoms with van der Waals surface area (Å²) in [6.45, 7) is 0. The lowest BCUT2D eigenvalue weighted by Gasteiger charge is -2.04. The normalized spacial score (nSPS) is 10.0. The first kappa shape index (κ1) is 11.8. The van der Waals surface area contributed by atoms with Crippen LogP contribution in [0.3, 0.4) is 0 Å².